The zero-order valence-corrected chi connectivity index (χ0v) is 6.72. The lowest BCUT2D eigenvalue weighted by atomic mass is 10.1. The highest BCUT2D eigenvalue weighted by atomic mass is 35.5. The van der Waals surface area contributed by atoms with Gasteiger partial charge in [0.2, 0.25) is 0 Å². The van der Waals surface area contributed by atoms with E-state index in [1.165, 1.54) is 5.57 Å². The molecule has 0 saturated carbocycles. The molecule has 0 aromatic rings. The summed E-state index contributed by atoms with van der Waals surface area (Å²) in [5.41, 5.74) is 1.25. The fraction of sp³-hybridized carbons (Fsp3) is 0.500. The van der Waals surface area contributed by atoms with Crippen LogP contribution in [0.25, 0.3) is 0 Å². The third-order valence-electron chi connectivity index (χ3n) is 1.18. The summed E-state index contributed by atoms with van der Waals surface area (Å²) >= 11 is 10.7. The van der Waals surface area contributed by atoms with E-state index in [0.717, 1.165) is 11.4 Å². The standard InChI is InChI=1S/C6H8ClNS/c1-4-2-5(7)8-6(9)3-4/h3,5H,2H2,1H3,(H,8,9). The number of hydrogen-bond acceptors (Lipinski definition) is 1. The first-order chi connectivity index (χ1) is 4.18. The molecule has 0 bridgehead atoms. The Bertz CT molecular complexity index is 164. The molecule has 0 fully saturated rings. The highest BCUT2D eigenvalue weighted by Gasteiger charge is 2.10. The molecule has 1 aliphatic heterocycles. The molecule has 0 radical (unpaired) electrons. The molecule has 9 heavy (non-hydrogen) atoms. The van der Waals surface area contributed by atoms with Gasteiger partial charge in [-0.3, -0.25) is 0 Å². The normalized spacial score (nSPS) is 27.1. The van der Waals surface area contributed by atoms with Gasteiger partial charge in [0.25, 0.3) is 0 Å². The summed E-state index contributed by atoms with van der Waals surface area (Å²) in [6, 6.07) is 0. The molecule has 0 spiro atoms. The number of rotatable bonds is 0. The minimum Gasteiger partial charge on any atom is -0.360 e. The van der Waals surface area contributed by atoms with E-state index in [-0.39, 0.29) is 5.50 Å². The second-order valence-corrected chi connectivity index (χ2v) is 3.14. The highest BCUT2D eigenvalue weighted by molar-refractivity contribution is 7.80. The quantitative estimate of drug-likeness (QED) is 0.331. The molecule has 1 heterocycles. The van der Waals surface area contributed by atoms with E-state index >= 15 is 0 Å². The summed E-state index contributed by atoms with van der Waals surface area (Å²) < 4.78 is 0. The molecular formula is C6H8ClNS. The van der Waals surface area contributed by atoms with Crippen LogP contribution in [0, 0.1) is 0 Å². The molecule has 1 rings (SSSR count). The van der Waals surface area contributed by atoms with Gasteiger partial charge < -0.3 is 5.32 Å². The molecule has 0 aromatic heterocycles. The Labute approximate surface area is 65.1 Å². The van der Waals surface area contributed by atoms with Crippen molar-refractivity contribution < 1.29 is 0 Å². The van der Waals surface area contributed by atoms with Crippen molar-refractivity contribution in [2.45, 2.75) is 18.8 Å². The van der Waals surface area contributed by atoms with Crippen LogP contribution in [0.1, 0.15) is 13.3 Å². The molecule has 0 amide bonds. The Morgan fingerprint density at radius 3 is 3.00 bits per heavy atom. The number of thiocarbonyl (C=S) groups is 1. The fourth-order valence-corrected chi connectivity index (χ4v) is 1.58. The van der Waals surface area contributed by atoms with Crippen LogP contribution in [-0.4, -0.2) is 10.5 Å². The van der Waals surface area contributed by atoms with Crippen molar-refractivity contribution in [3.8, 4) is 0 Å². The Morgan fingerprint density at radius 1 is 1.89 bits per heavy atom. The third-order valence-corrected chi connectivity index (χ3v) is 1.68. The van der Waals surface area contributed by atoms with Crippen LogP contribution < -0.4 is 5.32 Å². The monoisotopic (exact) mass is 161 g/mol. The smallest absolute Gasteiger partial charge is 0.106 e. The first-order valence-electron chi connectivity index (χ1n) is 2.80. The summed E-state index contributed by atoms with van der Waals surface area (Å²) in [5, 5.41) is 2.93. The lowest BCUT2D eigenvalue weighted by Gasteiger charge is -2.17. The molecule has 50 valence electrons. The second-order valence-electron chi connectivity index (χ2n) is 2.17. The van der Waals surface area contributed by atoms with E-state index in [9.17, 15) is 0 Å². The molecular weight excluding hydrogens is 154 g/mol. The van der Waals surface area contributed by atoms with Crippen LogP contribution in [0.4, 0.5) is 0 Å². The van der Waals surface area contributed by atoms with Crippen molar-refractivity contribution in [1.82, 2.24) is 5.32 Å². The van der Waals surface area contributed by atoms with Crippen LogP contribution in [0.3, 0.4) is 0 Å². The van der Waals surface area contributed by atoms with E-state index in [0.29, 0.717) is 0 Å². The van der Waals surface area contributed by atoms with Gasteiger partial charge in [-0.2, -0.15) is 0 Å². The van der Waals surface area contributed by atoms with Crippen molar-refractivity contribution in [2.75, 3.05) is 0 Å². The Morgan fingerprint density at radius 2 is 2.56 bits per heavy atom. The predicted molar refractivity (Wildman–Crippen MR) is 43.7 cm³/mol. The molecule has 0 saturated heterocycles. The largest absolute Gasteiger partial charge is 0.360 e. The molecule has 3 heteroatoms. The van der Waals surface area contributed by atoms with E-state index < -0.39 is 0 Å². The maximum atomic E-state index is 5.77. The first-order valence-corrected chi connectivity index (χ1v) is 3.64. The van der Waals surface area contributed by atoms with Crippen LogP contribution in [0.2, 0.25) is 0 Å². The maximum Gasteiger partial charge on any atom is 0.106 e. The average molecular weight is 162 g/mol. The molecule has 1 aliphatic rings. The number of hydrogen-bond donors (Lipinski definition) is 1. The lowest BCUT2D eigenvalue weighted by molar-refractivity contribution is 0.777. The van der Waals surface area contributed by atoms with Gasteiger partial charge in [0, 0.05) is 6.42 Å². The summed E-state index contributed by atoms with van der Waals surface area (Å²) in [6.07, 6.45) is 2.83. The molecule has 1 atom stereocenters. The van der Waals surface area contributed by atoms with Gasteiger partial charge in [-0.25, -0.2) is 0 Å². The second kappa shape index (κ2) is 2.67. The van der Waals surface area contributed by atoms with Gasteiger partial charge in [-0.15, -0.1) is 0 Å². The Balaban J connectivity index is 2.67. The highest BCUT2D eigenvalue weighted by Crippen LogP contribution is 2.12. The Hall–Kier alpha value is -0.0800. The van der Waals surface area contributed by atoms with Gasteiger partial charge in [0.15, 0.2) is 0 Å². The number of nitrogens with one attached hydrogen (secondary N) is 1. The summed E-state index contributed by atoms with van der Waals surface area (Å²) in [6.45, 7) is 2.03. The van der Waals surface area contributed by atoms with Crippen molar-refractivity contribution in [3.05, 3.63) is 11.6 Å². The van der Waals surface area contributed by atoms with Gasteiger partial charge in [0.1, 0.15) is 5.50 Å². The SMILES string of the molecule is CC1=CC(=S)NC(Cl)C1. The van der Waals surface area contributed by atoms with Gasteiger partial charge in [-0.05, 0) is 13.0 Å². The summed E-state index contributed by atoms with van der Waals surface area (Å²) in [4.78, 5) is 0.749. The number of alkyl halides is 1. The molecule has 1 nitrogen and oxygen atoms in total. The van der Waals surface area contributed by atoms with Crippen LogP contribution >= 0.6 is 23.8 Å². The molecule has 1 N–H and O–H groups in total. The summed E-state index contributed by atoms with van der Waals surface area (Å²) in [7, 11) is 0. The van der Waals surface area contributed by atoms with Crippen LogP contribution in [-0.2, 0) is 0 Å². The maximum absolute atomic E-state index is 5.77. The zero-order chi connectivity index (χ0) is 6.85. The van der Waals surface area contributed by atoms with E-state index in [4.69, 9.17) is 23.8 Å². The first kappa shape index (κ1) is 7.03. The molecule has 0 aromatic carbocycles. The van der Waals surface area contributed by atoms with E-state index in [2.05, 4.69) is 5.32 Å². The van der Waals surface area contributed by atoms with E-state index in [1.807, 2.05) is 13.0 Å². The fourth-order valence-electron chi connectivity index (χ4n) is 0.812. The molecule has 1 unspecified atom stereocenters. The van der Waals surface area contributed by atoms with Gasteiger partial charge >= 0.3 is 0 Å². The average Bonchev–Trinajstić information content (AvgIpc) is 1.59. The lowest BCUT2D eigenvalue weighted by Crippen LogP contribution is -2.31. The summed E-state index contributed by atoms with van der Waals surface area (Å²) in [5.74, 6) is 0. The molecule has 0 aliphatic carbocycles. The minimum atomic E-state index is 0.00231. The van der Waals surface area contributed by atoms with Crippen molar-refractivity contribution in [2.24, 2.45) is 0 Å². The zero-order valence-electron chi connectivity index (χ0n) is 5.15. The van der Waals surface area contributed by atoms with Crippen LogP contribution in [0.15, 0.2) is 11.6 Å². The van der Waals surface area contributed by atoms with E-state index in [1.54, 1.807) is 0 Å². The topological polar surface area (TPSA) is 12.0 Å². The van der Waals surface area contributed by atoms with Gasteiger partial charge in [0.05, 0.1) is 4.99 Å². The number of halogens is 1. The van der Waals surface area contributed by atoms with Crippen molar-refractivity contribution in [1.29, 1.82) is 0 Å². The van der Waals surface area contributed by atoms with Crippen molar-refractivity contribution in [3.63, 3.8) is 0 Å². The Kier molecular flexibility index (Phi) is 2.09. The van der Waals surface area contributed by atoms with Crippen molar-refractivity contribution >= 4 is 28.8 Å². The van der Waals surface area contributed by atoms with Crippen LogP contribution in [0.5, 0.6) is 0 Å². The van der Waals surface area contributed by atoms with Gasteiger partial charge in [-0.1, -0.05) is 29.4 Å². The third kappa shape index (κ3) is 1.95. The predicted octanol–water partition coefficient (Wildman–Crippen LogP) is 1.82. The minimum absolute atomic E-state index is 0.00231.